The normalized spacial score (nSPS) is 14.7. The van der Waals surface area contributed by atoms with Gasteiger partial charge < -0.3 is 25.6 Å². The molecular formula is C27H25N5O4. The van der Waals surface area contributed by atoms with E-state index in [0.29, 0.717) is 46.7 Å². The minimum Gasteiger partial charge on any atom is -0.508 e. The predicted octanol–water partition coefficient (Wildman–Crippen LogP) is 4.01. The van der Waals surface area contributed by atoms with Gasteiger partial charge in [0.1, 0.15) is 18.4 Å². The first-order valence-electron chi connectivity index (χ1n) is 11.3. The van der Waals surface area contributed by atoms with E-state index in [0.717, 1.165) is 11.1 Å². The Morgan fingerprint density at radius 1 is 1.08 bits per heavy atom. The highest BCUT2D eigenvalue weighted by Gasteiger charge is 2.34. The molecule has 36 heavy (non-hydrogen) atoms. The van der Waals surface area contributed by atoms with Gasteiger partial charge in [-0.25, -0.2) is 4.68 Å². The van der Waals surface area contributed by atoms with Gasteiger partial charge in [-0.05, 0) is 42.3 Å². The van der Waals surface area contributed by atoms with E-state index in [1.807, 2.05) is 42.5 Å². The molecule has 5 rings (SSSR count). The molecular weight excluding hydrogens is 458 g/mol. The second-order valence-electron chi connectivity index (χ2n) is 8.37. The number of ether oxygens (including phenoxy) is 2. The number of carbonyl (C=O) groups excluding carboxylic acids is 1. The number of amides is 1. The Balaban J connectivity index is 1.54. The van der Waals surface area contributed by atoms with Crippen LogP contribution in [0.5, 0.6) is 17.2 Å². The lowest BCUT2D eigenvalue weighted by atomic mass is 9.95. The van der Waals surface area contributed by atoms with E-state index < -0.39 is 11.9 Å². The van der Waals surface area contributed by atoms with Crippen molar-refractivity contribution in [1.82, 2.24) is 14.8 Å². The molecule has 0 fully saturated rings. The van der Waals surface area contributed by atoms with E-state index in [2.05, 4.69) is 15.4 Å². The summed E-state index contributed by atoms with van der Waals surface area (Å²) in [7, 11) is 1.56. The predicted molar refractivity (Wildman–Crippen MR) is 135 cm³/mol. The maximum absolute atomic E-state index is 12.5. The number of rotatable bonds is 7. The Kier molecular flexibility index (Phi) is 6.03. The van der Waals surface area contributed by atoms with E-state index in [-0.39, 0.29) is 5.75 Å². The fourth-order valence-corrected chi connectivity index (χ4v) is 4.25. The number of nitrogens with two attached hydrogens (primary N) is 1. The summed E-state index contributed by atoms with van der Waals surface area (Å²) in [5.74, 6) is 1.45. The molecule has 4 aromatic rings. The number of hydrogen-bond donors (Lipinski definition) is 3. The van der Waals surface area contributed by atoms with Crippen molar-refractivity contribution in [2.24, 2.45) is 5.73 Å². The van der Waals surface area contributed by atoms with Crippen molar-refractivity contribution < 1.29 is 19.4 Å². The van der Waals surface area contributed by atoms with E-state index in [9.17, 15) is 9.90 Å². The van der Waals surface area contributed by atoms with Crippen molar-refractivity contribution >= 4 is 11.9 Å². The molecule has 4 N–H and O–H groups in total. The SMILES string of the molecule is COc1cc(C2C(C(N)=O)=C(C)Nc3nc(-c4cccc(O)c4)nn32)ccc1OCc1ccccc1. The molecule has 3 aromatic carbocycles. The van der Waals surface area contributed by atoms with E-state index in [4.69, 9.17) is 15.2 Å². The Hall–Kier alpha value is -4.79. The minimum atomic E-state index is -0.644. The quantitative estimate of drug-likeness (QED) is 0.363. The van der Waals surface area contributed by atoms with E-state index in [1.165, 1.54) is 0 Å². The molecule has 0 aliphatic carbocycles. The van der Waals surface area contributed by atoms with Crippen molar-refractivity contribution in [3.63, 3.8) is 0 Å². The van der Waals surface area contributed by atoms with Crippen LogP contribution in [-0.4, -0.2) is 32.9 Å². The van der Waals surface area contributed by atoms with Crippen molar-refractivity contribution in [3.05, 3.63) is 95.2 Å². The lowest BCUT2D eigenvalue weighted by Crippen LogP contribution is -2.31. The summed E-state index contributed by atoms with van der Waals surface area (Å²) >= 11 is 0. The summed E-state index contributed by atoms with van der Waals surface area (Å²) in [5, 5.41) is 17.7. The fourth-order valence-electron chi connectivity index (χ4n) is 4.25. The highest BCUT2D eigenvalue weighted by atomic mass is 16.5. The number of benzene rings is 3. The fraction of sp³-hybridized carbons (Fsp3) is 0.148. The third-order valence-corrected chi connectivity index (χ3v) is 5.96. The zero-order chi connectivity index (χ0) is 25.2. The number of fused-ring (bicyclic) bond motifs is 1. The van der Waals surface area contributed by atoms with Gasteiger partial charge in [0.2, 0.25) is 11.9 Å². The number of aromatic hydroxyl groups is 1. The molecule has 9 heteroatoms. The zero-order valence-electron chi connectivity index (χ0n) is 19.8. The third kappa shape index (κ3) is 4.34. The van der Waals surface area contributed by atoms with Crippen LogP contribution >= 0.6 is 0 Å². The van der Waals surface area contributed by atoms with Crippen LogP contribution in [0.25, 0.3) is 11.4 Å². The van der Waals surface area contributed by atoms with Gasteiger partial charge in [-0.1, -0.05) is 48.5 Å². The molecule has 1 aliphatic heterocycles. The summed E-state index contributed by atoms with van der Waals surface area (Å²) < 4.78 is 13.2. The molecule has 0 saturated heterocycles. The molecule has 1 atom stereocenters. The Bertz CT molecular complexity index is 1460. The summed E-state index contributed by atoms with van der Waals surface area (Å²) in [6.07, 6.45) is 0. The molecule has 2 heterocycles. The standard InChI is InChI=1S/C27H25N5O4/c1-16-23(25(28)34)24(32-27(29-16)30-26(31-32)19-9-6-10-20(33)13-19)18-11-12-21(22(14-18)35-2)36-15-17-7-4-3-5-8-17/h3-14,24,33H,15H2,1-2H3,(H2,28,34)(H,29,30,31). The number of hydrogen-bond acceptors (Lipinski definition) is 7. The van der Waals surface area contributed by atoms with Crippen LogP contribution < -0.4 is 20.5 Å². The smallest absolute Gasteiger partial charge is 0.248 e. The van der Waals surface area contributed by atoms with Crippen LogP contribution in [0.2, 0.25) is 0 Å². The number of primary amides is 1. The highest BCUT2D eigenvalue weighted by molar-refractivity contribution is 5.95. The zero-order valence-corrected chi connectivity index (χ0v) is 19.8. The van der Waals surface area contributed by atoms with Crippen LogP contribution in [0.3, 0.4) is 0 Å². The molecule has 0 saturated carbocycles. The van der Waals surface area contributed by atoms with Crippen LogP contribution in [0.15, 0.2) is 84.1 Å². The minimum absolute atomic E-state index is 0.104. The molecule has 1 aliphatic rings. The van der Waals surface area contributed by atoms with Crippen LogP contribution in [0.1, 0.15) is 24.1 Å². The molecule has 0 spiro atoms. The highest BCUT2D eigenvalue weighted by Crippen LogP contribution is 2.39. The molecule has 1 aromatic heterocycles. The first kappa shape index (κ1) is 23.0. The molecule has 182 valence electrons. The summed E-state index contributed by atoms with van der Waals surface area (Å²) in [6.45, 7) is 2.16. The maximum Gasteiger partial charge on any atom is 0.248 e. The molecule has 1 amide bonds. The average molecular weight is 484 g/mol. The number of phenolic OH excluding ortho intramolecular Hbond substituents is 1. The first-order valence-corrected chi connectivity index (χ1v) is 11.3. The summed E-state index contributed by atoms with van der Waals surface area (Å²) in [4.78, 5) is 17.1. The molecule has 0 bridgehead atoms. The van der Waals surface area contributed by atoms with Gasteiger partial charge in [-0.15, -0.1) is 5.10 Å². The number of nitrogens with one attached hydrogen (secondary N) is 1. The summed E-state index contributed by atoms with van der Waals surface area (Å²) in [5.41, 5.74) is 9.14. The largest absolute Gasteiger partial charge is 0.508 e. The molecule has 1 unspecified atom stereocenters. The maximum atomic E-state index is 12.5. The number of aromatic nitrogens is 3. The monoisotopic (exact) mass is 483 g/mol. The number of phenols is 1. The van der Waals surface area contributed by atoms with Crippen molar-refractivity contribution in [2.45, 2.75) is 19.6 Å². The number of methoxy groups -OCH3 is 1. The third-order valence-electron chi connectivity index (χ3n) is 5.96. The lowest BCUT2D eigenvalue weighted by molar-refractivity contribution is -0.115. The lowest BCUT2D eigenvalue weighted by Gasteiger charge is -2.28. The number of anilines is 1. The van der Waals surface area contributed by atoms with Gasteiger partial charge in [0, 0.05) is 11.3 Å². The topological polar surface area (TPSA) is 125 Å². The Labute approximate surface area is 207 Å². The van der Waals surface area contributed by atoms with Crippen LogP contribution in [0, 0.1) is 0 Å². The second kappa shape index (κ2) is 9.46. The second-order valence-corrected chi connectivity index (χ2v) is 8.37. The van der Waals surface area contributed by atoms with Crippen LogP contribution in [-0.2, 0) is 11.4 Å². The average Bonchev–Trinajstić information content (AvgIpc) is 3.30. The molecule has 9 nitrogen and oxygen atoms in total. The number of carbonyl (C=O) groups is 1. The van der Waals surface area contributed by atoms with Gasteiger partial charge in [0.25, 0.3) is 0 Å². The number of allylic oxidation sites excluding steroid dienone is 1. The van der Waals surface area contributed by atoms with Gasteiger partial charge >= 0.3 is 0 Å². The Morgan fingerprint density at radius 3 is 2.61 bits per heavy atom. The van der Waals surface area contributed by atoms with Crippen molar-refractivity contribution in [3.8, 4) is 28.6 Å². The molecule has 0 radical (unpaired) electrons. The summed E-state index contributed by atoms with van der Waals surface area (Å²) in [6, 6.07) is 21.3. The van der Waals surface area contributed by atoms with Crippen LogP contribution in [0.4, 0.5) is 5.95 Å². The van der Waals surface area contributed by atoms with Gasteiger partial charge in [-0.3, -0.25) is 4.79 Å². The van der Waals surface area contributed by atoms with E-state index in [1.54, 1.807) is 49.0 Å². The van der Waals surface area contributed by atoms with Gasteiger partial charge in [-0.2, -0.15) is 4.98 Å². The first-order chi connectivity index (χ1) is 17.4. The van der Waals surface area contributed by atoms with Crippen molar-refractivity contribution in [2.75, 3.05) is 12.4 Å². The van der Waals surface area contributed by atoms with Crippen molar-refractivity contribution in [1.29, 1.82) is 0 Å². The number of nitrogens with zero attached hydrogens (tertiary/aromatic N) is 3. The van der Waals surface area contributed by atoms with E-state index >= 15 is 0 Å². The van der Waals surface area contributed by atoms with Gasteiger partial charge in [0.15, 0.2) is 17.3 Å². The van der Waals surface area contributed by atoms with Gasteiger partial charge in [0.05, 0.1) is 12.7 Å². The Morgan fingerprint density at radius 2 is 1.89 bits per heavy atom.